The lowest BCUT2D eigenvalue weighted by molar-refractivity contribution is -0.116. The Morgan fingerprint density at radius 3 is 2.71 bits per heavy atom. The van der Waals surface area contributed by atoms with Crippen molar-refractivity contribution >= 4 is 39.9 Å². The molecule has 1 N–H and O–H groups in total. The molecule has 160 valence electrons. The van der Waals surface area contributed by atoms with Crippen molar-refractivity contribution in [2.24, 2.45) is 0 Å². The lowest BCUT2D eigenvalue weighted by atomic mass is 10.1. The summed E-state index contributed by atoms with van der Waals surface area (Å²) in [5.74, 6) is 0.529. The van der Waals surface area contributed by atoms with Gasteiger partial charge in [-0.1, -0.05) is 53.3 Å². The van der Waals surface area contributed by atoms with Crippen LogP contribution in [0, 0.1) is 0 Å². The molecule has 0 fully saturated rings. The number of carbonyl (C=O) groups is 2. The maximum absolute atomic E-state index is 12.7. The van der Waals surface area contributed by atoms with Crippen LogP contribution < -0.4 is 10.1 Å². The van der Waals surface area contributed by atoms with Crippen LogP contribution in [-0.2, 0) is 17.8 Å². The van der Waals surface area contributed by atoms with Crippen molar-refractivity contribution in [1.29, 1.82) is 0 Å². The fourth-order valence-corrected chi connectivity index (χ4v) is 4.57. The number of ether oxygens (including phenoxy) is 1. The van der Waals surface area contributed by atoms with Gasteiger partial charge in [0.25, 0.3) is 5.91 Å². The van der Waals surface area contributed by atoms with Gasteiger partial charge in [0.1, 0.15) is 5.75 Å². The van der Waals surface area contributed by atoms with E-state index in [4.69, 9.17) is 16.3 Å². The first-order valence-corrected chi connectivity index (χ1v) is 11.3. The minimum Gasteiger partial charge on any atom is -0.492 e. The molecule has 31 heavy (non-hydrogen) atoms. The van der Waals surface area contributed by atoms with Crippen LogP contribution in [0.4, 0.5) is 5.13 Å². The van der Waals surface area contributed by atoms with Crippen molar-refractivity contribution in [3.05, 3.63) is 75.8 Å². The van der Waals surface area contributed by atoms with Gasteiger partial charge in [-0.25, -0.2) is 4.98 Å². The van der Waals surface area contributed by atoms with E-state index in [-0.39, 0.29) is 11.8 Å². The number of thiazole rings is 1. The molecule has 3 aromatic rings. The van der Waals surface area contributed by atoms with E-state index >= 15 is 0 Å². The predicted molar refractivity (Wildman–Crippen MR) is 122 cm³/mol. The highest BCUT2D eigenvalue weighted by Gasteiger charge is 2.25. The number of para-hydroxylation sites is 1. The normalized spacial score (nSPS) is 12.9. The van der Waals surface area contributed by atoms with Crippen molar-refractivity contribution in [1.82, 2.24) is 9.88 Å². The maximum Gasteiger partial charge on any atom is 0.254 e. The van der Waals surface area contributed by atoms with E-state index in [1.54, 1.807) is 12.1 Å². The average molecular weight is 456 g/mol. The largest absolute Gasteiger partial charge is 0.492 e. The number of anilines is 1. The van der Waals surface area contributed by atoms with Crippen molar-refractivity contribution < 1.29 is 14.3 Å². The summed E-state index contributed by atoms with van der Waals surface area (Å²) in [7, 11) is 0. The molecule has 2 amide bonds. The zero-order chi connectivity index (χ0) is 21.6. The van der Waals surface area contributed by atoms with Crippen LogP contribution in [0.5, 0.6) is 5.75 Å². The van der Waals surface area contributed by atoms with Crippen molar-refractivity contribution in [2.45, 2.75) is 25.8 Å². The highest BCUT2D eigenvalue weighted by atomic mass is 35.5. The van der Waals surface area contributed by atoms with Crippen LogP contribution in [0.15, 0.2) is 54.6 Å². The molecule has 0 saturated carbocycles. The standard InChI is InChI=1S/C23H22ClN3O3S/c24-17-9-4-5-10-19(17)30-14-6-11-21(28)26-23-25-18-12-13-27(15-20(18)31-23)22(29)16-7-2-1-3-8-16/h1-5,7-10H,6,11-15H2,(H,25,26,28). The summed E-state index contributed by atoms with van der Waals surface area (Å²) in [6.07, 6.45) is 1.58. The Kier molecular flexibility index (Phi) is 6.84. The van der Waals surface area contributed by atoms with Gasteiger partial charge in [-0.2, -0.15) is 0 Å². The third kappa shape index (κ3) is 5.42. The van der Waals surface area contributed by atoms with Gasteiger partial charge in [-0.3, -0.25) is 9.59 Å². The van der Waals surface area contributed by atoms with Crippen LogP contribution >= 0.6 is 22.9 Å². The summed E-state index contributed by atoms with van der Waals surface area (Å²) in [4.78, 5) is 32.3. The molecular formula is C23H22ClN3O3S. The summed E-state index contributed by atoms with van der Waals surface area (Å²) in [5.41, 5.74) is 1.64. The third-order valence-electron chi connectivity index (χ3n) is 4.93. The summed E-state index contributed by atoms with van der Waals surface area (Å²) >= 11 is 7.48. The van der Waals surface area contributed by atoms with Crippen LogP contribution in [-0.4, -0.2) is 34.8 Å². The van der Waals surface area contributed by atoms with E-state index in [0.717, 1.165) is 10.6 Å². The number of nitrogens with zero attached hydrogens (tertiary/aromatic N) is 2. The number of fused-ring (bicyclic) bond motifs is 1. The third-order valence-corrected chi connectivity index (χ3v) is 6.24. The van der Waals surface area contributed by atoms with Crippen LogP contribution in [0.1, 0.15) is 33.8 Å². The summed E-state index contributed by atoms with van der Waals surface area (Å²) in [6.45, 7) is 1.54. The molecule has 8 heteroatoms. The predicted octanol–water partition coefficient (Wildman–Crippen LogP) is 4.79. The maximum atomic E-state index is 12.7. The molecule has 6 nitrogen and oxygen atoms in total. The summed E-state index contributed by atoms with van der Waals surface area (Å²) in [6, 6.07) is 16.5. The summed E-state index contributed by atoms with van der Waals surface area (Å²) < 4.78 is 5.61. The molecule has 4 rings (SSSR count). The molecule has 0 bridgehead atoms. The Hall–Kier alpha value is -2.90. The van der Waals surface area contributed by atoms with Gasteiger partial charge < -0.3 is 15.0 Å². The Bertz CT molecular complexity index is 1070. The van der Waals surface area contributed by atoms with E-state index in [1.165, 1.54) is 11.3 Å². The van der Waals surface area contributed by atoms with E-state index in [1.807, 2.05) is 47.4 Å². The molecule has 2 heterocycles. The Morgan fingerprint density at radius 1 is 1.13 bits per heavy atom. The summed E-state index contributed by atoms with van der Waals surface area (Å²) in [5, 5.41) is 4.00. The molecular weight excluding hydrogens is 434 g/mol. The van der Waals surface area contributed by atoms with Gasteiger partial charge in [0.15, 0.2) is 5.13 Å². The fourth-order valence-electron chi connectivity index (χ4n) is 3.34. The lowest BCUT2D eigenvalue weighted by Crippen LogP contribution is -2.35. The topological polar surface area (TPSA) is 71.5 Å². The molecule has 2 aromatic carbocycles. The number of rotatable bonds is 7. The molecule has 0 atom stereocenters. The fraction of sp³-hybridized carbons (Fsp3) is 0.261. The van der Waals surface area contributed by atoms with Gasteiger partial charge in [0.05, 0.1) is 23.9 Å². The number of hydrogen-bond acceptors (Lipinski definition) is 5. The Balaban J connectivity index is 1.26. The molecule has 0 saturated heterocycles. The second-order valence-electron chi connectivity index (χ2n) is 7.16. The van der Waals surface area contributed by atoms with E-state index < -0.39 is 0 Å². The van der Waals surface area contributed by atoms with Gasteiger partial charge in [0.2, 0.25) is 5.91 Å². The second-order valence-corrected chi connectivity index (χ2v) is 8.65. The number of halogens is 1. The van der Waals surface area contributed by atoms with Crippen LogP contribution in [0.25, 0.3) is 0 Å². The molecule has 0 aliphatic carbocycles. The van der Waals surface area contributed by atoms with Crippen LogP contribution in [0.3, 0.4) is 0 Å². The van der Waals surface area contributed by atoms with Gasteiger partial charge >= 0.3 is 0 Å². The zero-order valence-electron chi connectivity index (χ0n) is 16.8. The van der Waals surface area contributed by atoms with E-state index in [0.29, 0.717) is 60.4 Å². The number of amides is 2. The highest BCUT2D eigenvalue weighted by molar-refractivity contribution is 7.15. The number of carbonyl (C=O) groups excluding carboxylic acids is 2. The first-order valence-electron chi connectivity index (χ1n) is 10.1. The number of benzene rings is 2. The molecule has 0 unspecified atom stereocenters. The van der Waals surface area contributed by atoms with Gasteiger partial charge in [0, 0.05) is 29.8 Å². The highest BCUT2D eigenvalue weighted by Crippen LogP contribution is 2.29. The van der Waals surface area contributed by atoms with Crippen molar-refractivity contribution in [2.75, 3.05) is 18.5 Å². The molecule has 1 aliphatic heterocycles. The zero-order valence-corrected chi connectivity index (χ0v) is 18.4. The number of aromatic nitrogens is 1. The van der Waals surface area contributed by atoms with Crippen molar-refractivity contribution in [3.63, 3.8) is 0 Å². The smallest absolute Gasteiger partial charge is 0.254 e. The molecule has 1 aromatic heterocycles. The van der Waals surface area contributed by atoms with Crippen LogP contribution in [0.2, 0.25) is 5.02 Å². The first kappa shape index (κ1) is 21.3. The monoisotopic (exact) mass is 455 g/mol. The van der Waals surface area contributed by atoms with Gasteiger partial charge in [-0.05, 0) is 30.7 Å². The van der Waals surface area contributed by atoms with E-state index in [9.17, 15) is 9.59 Å². The minimum atomic E-state index is -0.105. The average Bonchev–Trinajstić information content (AvgIpc) is 3.19. The minimum absolute atomic E-state index is 0.0174. The number of hydrogen-bond donors (Lipinski definition) is 1. The van der Waals surface area contributed by atoms with Crippen molar-refractivity contribution in [3.8, 4) is 5.75 Å². The molecule has 0 spiro atoms. The Morgan fingerprint density at radius 2 is 1.90 bits per heavy atom. The molecule has 0 radical (unpaired) electrons. The second kappa shape index (κ2) is 9.94. The Labute approximate surface area is 189 Å². The quantitative estimate of drug-likeness (QED) is 0.520. The lowest BCUT2D eigenvalue weighted by Gasteiger charge is -2.26. The first-order chi connectivity index (χ1) is 15.1. The van der Waals surface area contributed by atoms with E-state index in [2.05, 4.69) is 10.3 Å². The molecule has 1 aliphatic rings. The number of nitrogens with one attached hydrogen (secondary N) is 1. The van der Waals surface area contributed by atoms with Gasteiger partial charge in [-0.15, -0.1) is 0 Å². The SMILES string of the molecule is O=C(CCCOc1ccccc1Cl)Nc1nc2c(s1)CN(C(=O)c1ccccc1)CC2.